The number of nitrogens with one attached hydrogen (secondary N) is 5. The topological polar surface area (TPSA) is 135 Å². The van der Waals surface area contributed by atoms with Crippen molar-refractivity contribution in [2.45, 2.75) is 114 Å². The van der Waals surface area contributed by atoms with Crippen molar-refractivity contribution in [2.24, 2.45) is 0 Å². The molecule has 2 unspecified atom stereocenters. The van der Waals surface area contributed by atoms with Crippen molar-refractivity contribution in [3.8, 4) is 0 Å². The van der Waals surface area contributed by atoms with Crippen LogP contribution in [0, 0.1) is 0 Å². The summed E-state index contributed by atoms with van der Waals surface area (Å²) in [6, 6.07) is 38.2. The van der Waals surface area contributed by atoms with E-state index in [-0.39, 0.29) is 61.6 Å². The highest BCUT2D eigenvalue weighted by Gasteiger charge is 2.42. The molecule has 4 fully saturated rings. The summed E-state index contributed by atoms with van der Waals surface area (Å²) < 4.78 is 0. The number of benzene rings is 5. The van der Waals surface area contributed by atoms with Crippen LogP contribution in [0.15, 0.2) is 115 Å². The van der Waals surface area contributed by atoms with Crippen molar-refractivity contribution in [1.29, 1.82) is 0 Å². The summed E-state index contributed by atoms with van der Waals surface area (Å²) in [5, 5.41) is 18.1. The first-order chi connectivity index (χ1) is 33.8. The number of hydrogen-bond donors (Lipinski definition) is 5. The molecule has 0 aromatic heterocycles. The van der Waals surface area contributed by atoms with Crippen LogP contribution in [0.5, 0.6) is 0 Å². The molecule has 9 rings (SSSR count). The predicted octanol–water partition coefficient (Wildman–Crippen LogP) is 10.3. The zero-order chi connectivity index (χ0) is 49.1. The first-order valence-corrected chi connectivity index (χ1v) is 25.9. The van der Waals surface area contributed by atoms with E-state index in [1.807, 2.05) is 60.7 Å². The molecule has 70 heavy (non-hydrogen) atoms. The number of rotatable bonds is 16. The second-order valence-corrected chi connectivity index (χ2v) is 20.9. The van der Waals surface area contributed by atoms with Gasteiger partial charge in [0.15, 0.2) is 0 Å². The molecule has 0 aliphatic carbocycles. The van der Waals surface area contributed by atoms with E-state index in [0.29, 0.717) is 44.9 Å². The highest BCUT2D eigenvalue weighted by atomic mass is 35.5. The molecule has 5 aromatic rings. The lowest BCUT2D eigenvalue weighted by atomic mass is 9.96. The number of halogens is 5. The fourth-order valence-corrected chi connectivity index (χ4v) is 11.5. The first kappa shape index (κ1) is 51.5. The molecule has 4 bridgehead atoms. The van der Waals surface area contributed by atoms with Gasteiger partial charge in [0, 0.05) is 70.1 Å². The minimum atomic E-state index is -0.234. The molecular weight excluding hydrogens is 988 g/mol. The van der Waals surface area contributed by atoms with E-state index < -0.39 is 0 Å². The van der Waals surface area contributed by atoms with E-state index in [0.717, 1.165) is 78.5 Å². The molecule has 4 aliphatic rings. The zero-order valence-electron chi connectivity index (χ0n) is 38.8. The molecule has 4 amide bonds. The number of hydrogen-bond acceptors (Lipinski definition) is 7. The maximum Gasteiger partial charge on any atom is 0.239 e. The van der Waals surface area contributed by atoms with Crippen LogP contribution in [0.25, 0.3) is 0 Å². The predicted molar refractivity (Wildman–Crippen MR) is 281 cm³/mol. The number of anilines is 2. The summed E-state index contributed by atoms with van der Waals surface area (Å²) in [4.78, 5) is 55.1. The number of carbonyl (C=O) groups excluding carboxylic acids is 4. The smallest absolute Gasteiger partial charge is 0.239 e. The molecule has 4 heterocycles. The summed E-state index contributed by atoms with van der Waals surface area (Å²) in [6.07, 6.45) is 8.71. The van der Waals surface area contributed by atoms with Crippen LogP contribution < -0.4 is 26.6 Å². The third kappa shape index (κ3) is 14.4. The molecule has 368 valence electrons. The molecule has 0 radical (unpaired) electrons. The summed E-state index contributed by atoms with van der Waals surface area (Å²) in [7, 11) is 0. The van der Waals surface area contributed by atoms with Crippen molar-refractivity contribution in [3.63, 3.8) is 0 Å². The van der Waals surface area contributed by atoms with E-state index in [1.165, 1.54) is 24.0 Å². The fourth-order valence-electron chi connectivity index (χ4n) is 10.5. The van der Waals surface area contributed by atoms with E-state index in [2.05, 4.69) is 60.6 Å². The highest BCUT2D eigenvalue weighted by molar-refractivity contribution is 6.39. The summed E-state index contributed by atoms with van der Waals surface area (Å²) in [5.74, 6) is -0.707. The first-order valence-electron chi connectivity index (χ1n) is 24.0. The number of piperidine rings is 2. The standard InChI is InChI=1S/C30H31Cl3N4O2.C24H27Cl2N3O2/c31-21-10-8-19(9-11-21)18-37-23-12-13-24(37)16-22(15-23)35-29(39)17-34-28(38)14-20-4-1-2-7-27(20)36-30-25(32)5-3-6-26(30)33;25-18-6-4-16(5-7-18)15-29-21-8-9-22(29)13-20(12-21)28-24(31)14-27-23(30)11-17-2-1-3-19(26)10-17/h1-11,22-24,36H,12-18H2,(H,34,38)(H,35,39);1-7,10,20-22H,8-9,11-15H2,(H,27,30)(H,28,31)/t22?,23-,24+;20?,21-,22+. The van der Waals surface area contributed by atoms with Crippen LogP contribution in [0.4, 0.5) is 11.4 Å². The minimum absolute atomic E-state index is 0.000276. The van der Waals surface area contributed by atoms with Gasteiger partial charge in [-0.2, -0.15) is 0 Å². The van der Waals surface area contributed by atoms with Crippen molar-refractivity contribution in [2.75, 3.05) is 18.4 Å². The Balaban J connectivity index is 0.000000193. The van der Waals surface area contributed by atoms with Crippen LogP contribution in [0.3, 0.4) is 0 Å². The van der Waals surface area contributed by atoms with Crippen LogP contribution >= 0.6 is 58.0 Å². The lowest BCUT2D eigenvalue weighted by Crippen LogP contribution is -2.51. The number of carbonyl (C=O) groups is 4. The highest BCUT2D eigenvalue weighted by Crippen LogP contribution is 2.39. The Kier molecular flexibility index (Phi) is 18.0. The zero-order valence-corrected chi connectivity index (χ0v) is 42.5. The Labute approximate surface area is 435 Å². The molecule has 4 saturated heterocycles. The fraction of sp³-hybridized carbons (Fsp3) is 0.370. The van der Waals surface area contributed by atoms with E-state index in [1.54, 1.807) is 30.3 Å². The van der Waals surface area contributed by atoms with Gasteiger partial charge in [-0.05, 0) is 128 Å². The molecule has 0 spiro atoms. The number of fused-ring (bicyclic) bond motifs is 4. The van der Waals surface area contributed by atoms with E-state index in [9.17, 15) is 19.2 Å². The van der Waals surface area contributed by atoms with Crippen LogP contribution in [0.1, 0.15) is 73.6 Å². The van der Waals surface area contributed by atoms with Gasteiger partial charge in [-0.15, -0.1) is 0 Å². The van der Waals surface area contributed by atoms with Crippen LogP contribution in [-0.4, -0.2) is 82.8 Å². The van der Waals surface area contributed by atoms with Gasteiger partial charge in [0.25, 0.3) is 0 Å². The quantitative estimate of drug-likeness (QED) is 0.0664. The second kappa shape index (κ2) is 24.5. The Morgan fingerprint density at radius 3 is 1.41 bits per heavy atom. The van der Waals surface area contributed by atoms with Crippen LogP contribution in [-0.2, 0) is 45.1 Å². The molecule has 16 heteroatoms. The number of amides is 4. The number of para-hydroxylation sites is 2. The summed E-state index contributed by atoms with van der Waals surface area (Å²) in [6.45, 7) is 1.78. The summed E-state index contributed by atoms with van der Waals surface area (Å²) >= 11 is 30.6. The van der Waals surface area contributed by atoms with Crippen molar-refractivity contribution < 1.29 is 19.2 Å². The minimum Gasteiger partial charge on any atom is -0.353 e. The monoisotopic (exact) mass is 1040 g/mol. The van der Waals surface area contributed by atoms with Gasteiger partial charge >= 0.3 is 0 Å². The van der Waals surface area contributed by atoms with Gasteiger partial charge in [-0.25, -0.2) is 0 Å². The third-order valence-corrected chi connectivity index (χ3v) is 15.2. The van der Waals surface area contributed by atoms with E-state index in [4.69, 9.17) is 58.0 Å². The van der Waals surface area contributed by atoms with Gasteiger partial charge in [0.1, 0.15) is 0 Å². The Hall–Kier alpha value is -4.85. The molecule has 5 aromatic carbocycles. The average molecular weight is 1050 g/mol. The van der Waals surface area contributed by atoms with Gasteiger partial charge in [-0.1, -0.05) is 119 Å². The molecule has 11 nitrogen and oxygen atoms in total. The third-order valence-electron chi connectivity index (χ3n) is 13.8. The van der Waals surface area contributed by atoms with E-state index >= 15 is 0 Å². The van der Waals surface area contributed by atoms with Crippen molar-refractivity contribution >= 4 is 93.0 Å². The van der Waals surface area contributed by atoms with Crippen LogP contribution in [0.2, 0.25) is 25.1 Å². The largest absolute Gasteiger partial charge is 0.353 e. The molecule has 0 saturated carbocycles. The maximum absolute atomic E-state index is 12.7. The molecule has 5 N–H and O–H groups in total. The number of nitrogens with zero attached hydrogens (tertiary/aromatic N) is 2. The lowest BCUT2D eigenvalue weighted by molar-refractivity contribution is -0.126. The van der Waals surface area contributed by atoms with Gasteiger partial charge in [-0.3, -0.25) is 29.0 Å². The average Bonchev–Trinajstić information content (AvgIpc) is 3.70. The Bertz CT molecular complexity index is 2570. The van der Waals surface area contributed by atoms with Crippen molar-refractivity contribution in [3.05, 3.63) is 163 Å². The van der Waals surface area contributed by atoms with Crippen molar-refractivity contribution in [1.82, 2.24) is 31.1 Å². The maximum atomic E-state index is 12.7. The van der Waals surface area contributed by atoms with Gasteiger partial charge < -0.3 is 26.6 Å². The summed E-state index contributed by atoms with van der Waals surface area (Å²) in [5.41, 5.74) is 5.44. The normalized spacial score (nSPS) is 21.5. The molecule has 6 atom stereocenters. The Morgan fingerprint density at radius 2 is 0.929 bits per heavy atom. The van der Waals surface area contributed by atoms with Gasteiger partial charge in [0.2, 0.25) is 23.6 Å². The molecular formula is C54H58Cl5N7O4. The Morgan fingerprint density at radius 1 is 0.471 bits per heavy atom. The molecule has 4 aliphatic heterocycles. The lowest BCUT2D eigenvalue weighted by Gasteiger charge is -2.39. The second-order valence-electron chi connectivity index (χ2n) is 18.8. The SMILES string of the molecule is O=C(Cc1cccc(Cl)c1)NCC(=O)NC1C[C@H]2CC[C@@H](C1)N2Cc1ccc(Cl)cc1.O=C(Cc1ccccc1Nc1c(Cl)cccc1Cl)NCC(=O)NC1C[C@H]2CC[C@@H](C1)N2Cc1ccc(Cl)cc1. The van der Waals surface area contributed by atoms with Gasteiger partial charge in [0.05, 0.1) is 41.7 Å².